The van der Waals surface area contributed by atoms with Crippen molar-refractivity contribution in [2.24, 2.45) is 0 Å². The van der Waals surface area contributed by atoms with Crippen LogP contribution in [-0.4, -0.2) is 4.98 Å². The van der Waals surface area contributed by atoms with Crippen LogP contribution in [0.5, 0.6) is 0 Å². The van der Waals surface area contributed by atoms with E-state index in [-0.39, 0.29) is 5.41 Å². The van der Waals surface area contributed by atoms with E-state index in [1.54, 1.807) is 0 Å². The predicted octanol–water partition coefficient (Wildman–Crippen LogP) is 13.9. The van der Waals surface area contributed by atoms with Gasteiger partial charge in [-0.2, -0.15) is 0 Å². The summed E-state index contributed by atoms with van der Waals surface area (Å²) in [5.41, 5.74) is 14.2. The summed E-state index contributed by atoms with van der Waals surface area (Å²) in [5, 5.41) is 5.66. The van der Waals surface area contributed by atoms with Gasteiger partial charge in [0.05, 0.1) is 11.1 Å². The van der Waals surface area contributed by atoms with E-state index >= 15 is 0 Å². The lowest BCUT2D eigenvalue weighted by molar-refractivity contribution is 0.560. The van der Waals surface area contributed by atoms with Crippen molar-refractivity contribution in [3.63, 3.8) is 0 Å². The minimum atomic E-state index is -0.218. The highest BCUT2D eigenvalue weighted by atomic mass is 16.3. The summed E-state index contributed by atoms with van der Waals surface area (Å²) in [6.45, 7) is 0. The van der Waals surface area contributed by atoms with Crippen LogP contribution in [0, 0.1) is 0 Å². The van der Waals surface area contributed by atoms with Gasteiger partial charge in [0.15, 0.2) is 5.58 Å². The lowest BCUT2D eigenvalue weighted by Gasteiger charge is -2.43. The Kier molecular flexibility index (Phi) is 5.82. The van der Waals surface area contributed by atoms with Crippen molar-refractivity contribution in [2.75, 3.05) is 4.90 Å². The molecule has 1 atom stereocenters. The summed E-state index contributed by atoms with van der Waals surface area (Å²) in [5.74, 6) is 1.59. The van der Waals surface area contributed by atoms with E-state index in [1.807, 2.05) is 36.4 Å². The number of benzene rings is 7. The minimum absolute atomic E-state index is 0.218. The fourth-order valence-electron chi connectivity index (χ4n) is 9.58. The molecule has 3 aliphatic rings. The van der Waals surface area contributed by atoms with Crippen LogP contribution in [0.15, 0.2) is 183 Å². The molecule has 5 nitrogen and oxygen atoms in total. The summed E-state index contributed by atoms with van der Waals surface area (Å²) in [7, 11) is 0. The molecule has 56 heavy (non-hydrogen) atoms. The van der Waals surface area contributed by atoms with Gasteiger partial charge in [-0.15, -0.1) is 0 Å². The molecule has 4 heterocycles. The third kappa shape index (κ3) is 4.01. The highest BCUT2D eigenvalue weighted by Gasteiger charge is 2.48. The molecule has 13 rings (SSSR count). The van der Waals surface area contributed by atoms with E-state index < -0.39 is 0 Å². The van der Waals surface area contributed by atoms with E-state index in [9.17, 15) is 0 Å². The Balaban J connectivity index is 0.924. The van der Waals surface area contributed by atoms with Crippen molar-refractivity contribution in [1.29, 1.82) is 0 Å². The van der Waals surface area contributed by atoms with Gasteiger partial charge in [0.2, 0.25) is 5.89 Å². The maximum absolute atomic E-state index is 6.77. The number of oxazole rings is 1. The van der Waals surface area contributed by atoms with Crippen LogP contribution >= 0.6 is 0 Å². The quantitative estimate of drug-likeness (QED) is 0.181. The number of allylic oxidation sites excluding steroid dienone is 4. The molecule has 7 aromatic carbocycles. The van der Waals surface area contributed by atoms with Crippen molar-refractivity contribution in [1.82, 2.24) is 4.98 Å². The van der Waals surface area contributed by atoms with E-state index in [2.05, 4.69) is 138 Å². The largest absolute Gasteiger partial charge is 0.456 e. The van der Waals surface area contributed by atoms with Crippen LogP contribution in [-0.2, 0) is 5.41 Å². The molecule has 10 aromatic rings. The lowest BCUT2D eigenvalue weighted by Crippen LogP contribution is -2.37. The van der Waals surface area contributed by atoms with E-state index in [0.717, 1.165) is 101 Å². The Morgan fingerprint density at radius 2 is 1.46 bits per heavy atom. The summed E-state index contributed by atoms with van der Waals surface area (Å²) >= 11 is 0. The van der Waals surface area contributed by atoms with Gasteiger partial charge in [0.1, 0.15) is 28.0 Å². The second-order valence-corrected chi connectivity index (χ2v) is 15.1. The first-order valence-corrected chi connectivity index (χ1v) is 19.1. The standard InChI is InChI=1S/C51H30N2O3/c1-2-9-31(10-3-1)50-52-39-23-19-34(29-44(39)56-50)46-36-12-5-4-11-33(36)28-38-37-27-32(20-24-41(37)55-49(38)46)30-17-21-35(22-18-30)53-40-13-6-14-42-47(40)48-43(54-42)15-7-25-51(48)26-8-16-45(51)53/h1-24,26-29H,25H2. The topological polar surface area (TPSA) is 55.6 Å². The number of hydrogen-bond acceptors (Lipinski definition) is 5. The van der Waals surface area contributed by atoms with Crippen LogP contribution < -0.4 is 4.90 Å². The van der Waals surface area contributed by atoms with Crippen molar-refractivity contribution in [2.45, 2.75) is 11.8 Å². The first-order chi connectivity index (χ1) is 27.7. The monoisotopic (exact) mass is 718 g/mol. The summed E-state index contributed by atoms with van der Waals surface area (Å²) in [6, 6.07) is 49.0. The third-order valence-electron chi connectivity index (χ3n) is 12.1. The maximum Gasteiger partial charge on any atom is 0.227 e. The average Bonchev–Trinajstić information content (AvgIpc) is 4.04. The normalized spacial score (nSPS) is 16.9. The molecule has 262 valence electrons. The molecule has 1 spiro atoms. The van der Waals surface area contributed by atoms with Crippen LogP contribution in [0.25, 0.3) is 94.6 Å². The molecule has 5 heteroatoms. The molecule has 0 saturated carbocycles. The second-order valence-electron chi connectivity index (χ2n) is 15.1. The molecule has 0 amide bonds. The number of hydrogen-bond donors (Lipinski definition) is 0. The molecular formula is C51H30N2O3. The number of anilines is 2. The highest BCUT2D eigenvalue weighted by Crippen LogP contribution is 2.58. The molecule has 0 radical (unpaired) electrons. The molecule has 2 aliphatic carbocycles. The van der Waals surface area contributed by atoms with Gasteiger partial charge in [-0.1, -0.05) is 91.0 Å². The molecule has 3 aromatic heterocycles. The predicted molar refractivity (Wildman–Crippen MR) is 226 cm³/mol. The van der Waals surface area contributed by atoms with Crippen LogP contribution in [0.1, 0.15) is 17.7 Å². The number of fused-ring (bicyclic) bond motifs is 5. The Hall–Kier alpha value is -7.37. The molecule has 0 fully saturated rings. The Morgan fingerprint density at radius 3 is 2.39 bits per heavy atom. The van der Waals surface area contributed by atoms with Gasteiger partial charge < -0.3 is 18.2 Å². The van der Waals surface area contributed by atoms with E-state index in [1.165, 1.54) is 16.6 Å². The van der Waals surface area contributed by atoms with Gasteiger partial charge in [-0.05, 0) is 113 Å². The Labute approximate surface area is 320 Å². The number of rotatable bonds is 4. The SMILES string of the molecule is C1=CC23CC=Cc4oc5cccc(c5c42)N(c2ccc(-c4ccc5oc6c(-c7ccc8nc(-c9ccccc9)oc8c7)c7ccccc7cc6c5c4)cc2)C3=C1. The number of aromatic nitrogens is 1. The van der Waals surface area contributed by atoms with E-state index in [4.69, 9.17) is 18.2 Å². The van der Waals surface area contributed by atoms with E-state index in [0.29, 0.717) is 5.89 Å². The zero-order valence-corrected chi connectivity index (χ0v) is 30.0. The van der Waals surface area contributed by atoms with Crippen molar-refractivity contribution < 1.29 is 13.3 Å². The van der Waals surface area contributed by atoms with Gasteiger partial charge >= 0.3 is 0 Å². The molecule has 0 saturated heterocycles. The van der Waals surface area contributed by atoms with Crippen molar-refractivity contribution in [3.8, 4) is 33.7 Å². The molecule has 1 aliphatic heterocycles. The lowest BCUT2D eigenvalue weighted by atomic mass is 9.70. The second kappa shape index (κ2) is 10.9. The number of nitrogens with zero attached hydrogens (tertiary/aromatic N) is 2. The van der Waals surface area contributed by atoms with Crippen molar-refractivity contribution >= 4 is 72.2 Å². The first kappa shape index (κ1) is 30.0. The smallest absolute Gasteiger partial charge is 0.227 e. The van der Waals surface area contributed by atoms with Gasteiger partial charge in [-0.3, -0.25) is 0 Å². The third-order valence-corrected chi connectivity index (χ3v) is 12.1. The summed E-state index contributed by atoms with van der Waals surface area (Å²) in [4.78, 5) is 7.21. The Bertz CT molecular complexity index is 3390. The van der Waals surface area contributed by atoms with Gasteiger partial charge in [0.25, 0.3) is 0 Å². The molecule has 0 bridgehead atoms. The molecular weight excluding hydrogens is 689 g/mol. The van der Waals surface area contributed by atoms with Crippen molar-refractivity contribution in [3.05, 3.63) is 181 Å². The fraction of sp³-hybridized carbons (Fsp3) is 0.0392. The average molecular weight is 719 g/mol. The fourth-order valence-corrected chi connectivity index (χ4v) is 9.58. The van der Waals surface area contributed by atoms with Gasteiger partial charge in [0, 0.05) is 44.2 Å². The minimum Gasteiger partial charge on any atom is -0.456 e. The molecule has 0 N–H and O–H groups in total. The zero-order valence-electron chi connectivity index (χ0n) is 30.0. The number of furan rings is 2. The van der Waals surface area contributed by atoms with Crippen LogP contribution in [0.3, 0.4) is 0 Å². The summed E-state index contributed by atoms with van der Waals surface area (Å²) in [6.07, 6.45) is 12.1. The zero-order chi connectivity index (χ0) is 36.5. The van der Waals surface area contributed by atoms with Gasteiger partial charge in [-0.25, -0.2) is 4.98 Å². The van der Waals surface area contributed by atoms with Crippen LogP contribution in [0.2, 0.25) is 0 Å². The highest BCUT2D eigenvalue weighted by molar-refractivity contribution is 6.19. The Morgan fingerprint density at radius 1 is 0.607 bits per heavy atom. The maximum atomic E-state index is 6.77. The molecule has 1 unspecified atom stereocenters. The van der Waals surface area contributed by atoms with Crippen LogP contribution in [0.4, 0.5) is 11.4 Å². The first-order valence-electron chi connectivity index (χ1n) is 19.1. The summed E-state index contributed by atoms with van der Waals surface area (Å²) < 4.78 is 19.5.